The molecule has 0 N–H and O–H groups in total. The summed E-state index contributed by atoms with van der Waals surface area (Å²) in [6, 6.07) is 8.70. The van der Waals surface area contributed by atoms with E-state index in [0.29, 0.717) is 17.8 Å². The van der Waals surface area contributed by atoms with Gasteiger partial charge >= 0.3 is 5.97 Å². The van der Waals surface area contributed by atoms with Gasteiger partial charge in [0.25, 0.3) is 5.91 Å². The van der Waals surface area contributed by atoms with Crippen LogP contribution < -0.4 is 0 Å². The molecule has 1 aromatic carbocycles. The van der Waals surface area contributed by atoms with E-state index in [1.165, 1.54) is 23.7 Å². The summed E-state index contributed by atoms with van der Waals surface area (Å²) in [7, 11) is -1.59. The van der Waals surface area contributed by atoms with E-state index >= 15 is 0 Å². The number of likely N-dealkylation sites (N-methyl/N-ethyl adjacent to an activating group) is 1. The molecule has 10 heteroatoms. The second-order valence-corrected chi connectivity index (χ2v) is 9.04. The van der Waals surface area contributed by atoms with Crippen LogP contribution in [0.1, 0.15) is 29.5 Å². The van der Waals surface area contributed by atoms with Gasteiger partial charge in [-0.15, -0.1) is 5.10 Å². The van der Waals surface area contributed by atoms with Gasteiger partial charge in [-0.2, -0.15) is 9.90 Å². The fourth-order valence-electron chi connectivity index (χ4n) is 3.06. The number of hydrogen-bond acceptors (Lipinski definition) is 7. The maximum Gasteiger partial charge on any atom is 0.361 e. The summed E-state index contributed by atoms with van der Waals surface area (Å²) in [5, 5.41) is 8.37. The van der Waals surface area contributed by atoms with Crippen molar-refractivity contribution in [1.82, 2.24) is 19.9 Å². The molecule has 150 valence electrons. The first-order valence-corrected chi connectivity index (χ1v) is 10.7. The normalized spacial score (nSPS) is 19.2. The SMILES string of the molecule is Cc1nn(-c2ccccc2)nc1C(=O)O[C@H](C)C(=O)N(C)[C@H]1CCS(=O)(=O)C1. The van der Waals surface area contributed by atoms with E-state index in [2.05, 4.69) is 10.2 Å². The van der Waals surface area contributed by atoms with Gasteiger partial charge in [-0.05, 0) is 32.4 Å². The minimum atomic E-state index is -3.12. The second-order valence-electron chi connectivity index (χ2n) is 6.81. The number of amides is 1. The lowest BCUT2D eigenvalue weighted by atomic mass is 10.2. The number of carbonyl (C=O) groups excluding carboxylic acids is 2. The highest BCUT2D eigenvalue weighted by Crippen LogP contribution is 2.18. The Labute approximate surface area is 163 Å². The van der Waals surface area contributed by atoms with E-state index in [4.69, 9.17) is 4.74 Å². The zero-order valence-corrected chi connectivity index (χ0v) is 16.7. The number of aromatic nitrogens is 3. The summed E-state index contributed by atoms with van der Waals surface area (Å²) in [6.07, 6.45) is -0.683. The molecule has 2 aromatic rings. The Morgan fingerprint density at radius 2 is 1.93 bits per heavy atom. The predicted molar refractivity (Wildman–Crippen MR) is 101 cm³/mol. The summed E-state index contributed by atoms with van der Waals surface area (Å²) in [6.45, 7) is 3.09. The molecule has 2 heterocycles. The first-order chi connectivity index (χ1) is 13.2. The molecule has 1 aliphatic heterocycles. The third-order valence-electron chi connectivity index (χ3n) is 4.70. The molecule has 1 saturated heterocycles. The van der Waals surface area contributed by atoms with Gasteiger partial charge in [0.2, 0.25) is 0 Å². The van der Waals surface area contributed by atoms with Gasteiger partial charge in [0, 0.05) is 13.1 Å². The summed E-state index contributed by atoms with van der Waals surface area (Å²) in [4.78, 5) is 27.7. The molecule has 2 atom stereocenters. The van der Waals surface area contributed by atoms with Crippen LogP contribution in [0.15, 0.2) is 30.3 Å². The first-order valence-electron chi connectivity index (χ1n) is 8.85. The van der Waals surface area contributed by atoms with Crippen molar-refractivity contribution in [2.24, 2.45) is 0 Å². The number of sulfone groups is 1. The number of aryl methyl sites for hydroxylation is 1. The second kappa shape index (κ2) is 7.70. The third-order valence-corrected chi connectivity index (χ3v) is 6.45. The lowest BCUT2D eigenvalue weighted by molar-refractivity contribution is -0.140. The van der Waals surface area contributed by atoms with Crippen molar-refractivity contribution >= 4 is 21.7 Å². The Morgan fingerprint density at radius 1 is 1.25 bits per heavy atom. The van der Waals surface area contributed by atoms with E-state index in [1.807, 2.05) is 18.2 Å². The first kappa shape index (κ1) is 20.0. The average molecular weight is 406 g/mol. The smallest absolute Gasteiger partial charge is 0.361 e. The van der Waals surface area contributed by atoms with Crippen LogP contribution in [-0.4, -0.2) is 70.9 Å². The molecule has 0 bridgehead atoms. The highest BCUT2D eigenvalue weighted by atomic mass is 32.2. The number of carbonyl (C=O) groups is 2. The molecule has 3 rings (SSSR count). The van der Waals surface area contributed by atoms with E-state index in [1.54, 1.807) is 19.1 Å². The Morgan fingerprint density at radius 3 is 2.54 bits per heavy atom. The number of para-hydroxylation sites is 1. The van der Waals surface area contributed by atoms with Crippen molar-refractivity contribution < 1.29 is 22.7 Å². The van der Waals surface area contributed by atoms with Crippen molar-refractivity contribution in [2.75, 3.05) is 18.6 Å². The maximum atomic E-state index is 12.5. The largest absolute Gasteiger partial charge is 0.448 e. The maximum absolute atomic E-state index is 12.5. The summed E-state index contributed by atoms with van der Waals surface area (Å²) in [5.74, 6) is -1.22. The van der Waals surface area contributed by atoms with Crippen LogP contribution in [-0.2, 0) is 19.4 Å². The number of hydrogen-bond donors (Lipinski definition) is 0. The van der Waals surface area contributed by atoms with Crippen molar-refractivity contribution in [1.29, 1.82) is 0 Å². The van der Waals surface area contributed by atoms with Gasteiger partial charge in [0.15, 0.2) is 21.6 Å². The summed E-state index contributed by atoms with van der Waals surface area (Å²) in [5.41, 5.74) is 1.09. The van der Waals surface area contributed by atoms with Crippen LogP contribution in [0, 0.1) is 6.92 Å². The van der Waals surface area contributed by atoms with Crippen LogP contribution >= 0.6 is 0 Å². The zero-order valence-electron chi connectivity index (χ0n) is 15.9. The zero-order chi connectivity index (χ0) is 20.5. The standard InChI is InChI=1S/C18H22N4O5S/c1-12-16(20-22(19-12)14-7-5-4-6-8-14)18(24)27-13(2)17(23)21(3)15-9-10-28(25,26)11-15/h4-8,13,15H,9-11H2,1-3H3/t13-,15+/m1/s1. The highest BCUT2D eigenvalue weighted by molar-refractivity contribution is 7.91. The van der Waals surface area contributed by atoms with Gasteiger partial charge in [-0.3, -0.25) is 4.79 Å². The van der Waals surface area contributed by atoms with Gasteiger partial charge in [-0.1, -0.05) is 18.2 Å². The molecule has 0 spiro atoms. The minimum absolute atomic E-state index is 0.0228. The summed E-state index contributed by atoms with van der Waals surface area (Å²) >= 11 is 0. The monoisotopic (exact) mass is 406 g/mol. The van der Waals surface area contributed by atoms with E-state index in [-0.39, 0.29) is 17.2 Å². The van der Waals surface area contributed by atoms with E-state index in [9.17, 15) is 18.0 Å². The fourth-order valence-corrected chi connectivity index (χ4v) is 4.83. The molecule has 0 radical (unpaired) electrons. The molecule has 0 saturated carbocycles. The quantitative estimate of drug-likeness (QED) is 0.674. The molecular weight excluding hydrogens is 384 g/mol. The molecule has 1 fully saturated rings. The number of benzene rings is 1. The molecule has 9 nitrogen and oxygen atoms in total. The van der Waals surface area contributed by atoms with Crippen LogP contribution in [0.25, 0.3) is 5.69 Å². The Balaban J connectivity index is 1.67. The molecule has 1 aliphatic rings. The van der Waals surface area contributed by atoms with Crippen molar-refractivity contribution in [2.45, 2.75) is 32.4 Å². The molecular formula is C18H22N4O5S. The Hall–Kier alpha value is -2.75. The van der Waals surface area contributed by atoms with Crippen LogP contribution in [0.5, 0.6) is 0 Å². The van der Waals surface area contributed by atoms with E-state index < -0.39 is 33.9 Å². The molecule has 28 heavy (non-hydrogen) atoms. The lowest BCUT2D eigenvalue weighted by Gasteiger charge is -2.26. The van der Waals surface area contributed by atoms with Crippen LogP contribution in [0.4, 0.5) is 0 Å². The lowest BCUT2D eigenvalue weighted by Crippen LogP contribution is -2.44. The van der Waals surface area contributed by atoms with Gasteiger partial charge < -0.3 is 9.64 Å². The van der Waals surface area contributed by atoms with E-state index in [0.717, 1.165) is 0 Å². The number of nitrogens with zero attached hydrogens (tertiary/aromatic N) is 4. The van der Waals surface area contributed by atoms with Gasteiger partial charge in [0.1, 0.15) is 0 Å². The fraction of sp³-hybridized carbons (Fsp3) is 0.444. The number of esters is 1. The molecule has 0 unspecified atom stereocenters. The third kappa shape index (κ3) is 4.22. The minimum Gasteiger partial charge on any atom is -0.448 e. The predicted octanol–water partition coefficient (Wildman–Crippen LogP) is 0.767. The number of rotatable bonds is 5. The molecule has 0 aliphatic carbocycles. The Bertz CT molecular complexity index is 987. The highest BCUT2D eigenvalue weighted by Gasteiger charge is 2.35. The van der Waals surface area contributed by atoms with Crippen molar-refractivity contribution in [3.05, 3.63) is 41.7 Å². The van der Waals surface area contributed by atoms with Gasteiger partial charge in [0.05, 0.1) is 22.9 Å². The van der Waals surface area contributed by atoms with Crippen molar-refractivity contribution in [3.8, 4) is 5.69 Å². The van der Waals surface area contributed by atoms with Gasteiger partial charge in [-0.25, -0.2) is 13.2 Å². The Kier molecular flexibility index (Phi) is 5.50. The summed E-state index contributed by atoms with van der Waals surface area (Å²) < 4.78 is 28.5. The average Bonchev–Trinajstić information content (AvgIpc) is 3.23. The van der Waals surface area contributed by atoms with Crippen molar-refractivity contribution in [3.63, 3.8) is 0 Å². The van der Waals surface area contributed by atoms with Crippen LogP contribution in [0.3, 0.4) is 0 Å². The molecule has 1 amide bonds. The topological polar surface area (TPSA) is 111 Å². The molecule has 1 aromatic heterocycles. The number of ether oxygens (including phenoxy) is 1. The van der Waals surface area contributed by atoms with Crippen LogP contribution in [0.2, 0.25) is 0 Å².